The lowest BCUT2D eigenvalue weighted by molar-refractivity contribution is -0.129. The maximum absolute atomic E-state index is 13.5. The summed E-state index contributed by atoms with van der Waals surface area (Å²) in [5.74, 6) is -1.29. The van der Waals surface area contributed by atoms with Gasteiger partial charge >= 0.3 is 0 Å². The number of nitrogens with one attached hydrogen (secondary N) is 2. The van der Waals surface area contributed by atoms with Crippen molar-refractivity contribution in [1.82, 2.24) is 5.32 Å². The van der Waals surface area contributed by atoms with Crippen molar-refractivity contribution in [1.29, 1.82) is 5.53 Å². The third-order valence-corrected chi connectivity index (χ3v) is 6.19. The largest absolute Gasteiger partial charge is 0.368 e. The molecule has 0 saturated heterocycles. The van der Waals surface area contributed by atoms with Gasteiger partial charge in [-0.25, -0.2) is 5.53 Å². The van der Waals surface area contributed by atoms with Crippen LogP contribution in [0.25, 0.3) is 11.3 Å². The fourth-order valence-corrected chi connectivity index (χ4v) is 4.45. The Morgan fingerprint density at radius 1 is 1.00 bits per heavy atom. The van der Waals surface area contributed by atoms with Gasteiger partial charge in [-0.2, -0.15) is 5.11 Å². The first-order chi connectivity index (χ1) is 16.6. The van der Waals surface area contributed by atoms with Crippen molar-refractivity contribution < 1.29 is 14.4 Å². The van der Waals surface area contributed by atoms with Crippen LogP contribution in [0.15, 0.2) is 53.6 Å². The SMILES string of the molecule is CC(C)/C1=C(\N=N)c2ccccc2N(C(=O)CCC(=O)N[C@H](C(N)=O)C(C)C)Cc2ccccc21. The number of nitrogens with two attached hydrogens (primary N) is 1. The summed E-state index contributed by atoms with van der Waals surface area (Å²) in [7, 11) is 0. The molecule has 0 spiro atoms. The highest BCUT2D eigenvalue weighted by Crippen LogP contribution is 2.41. The van der Waals surface area contributed by atoms with Gasteiger partial charge in [-0.15, -0.1) is 0 Å². The van der Waals surface area contributed by atoms with Crippen molar-refractivity contribution in [2.45, 2.75) is 53.1 Å². The zero-order chi connectivity index (χ0) is 25.7. The first-order valence-corrected chi connectivity index (χ1v) is 11.8. The van der Waals surface area contributed by atoms with E-state index >= 15 is 0 Å². The van der Waals surface area contributed by atoms with Crippen LogP contribution in [0, 0.1) is 17.4 Å². The quantitative estimate of drug-likeness (QED) is 0.486. The normalized spacial score (nSPS) is 16.1. The van der Waals surface area contributed by atoms with Gasteiger partial charge in [-0.1, -0.05) is 70.2 Å². The zero-order valence-corrected chi connectivity index (χ0v) is 20.7. The topological polar surface area (TPSA) is 129 Å². The molecule has 8 nitrogen and oxygen atoms in total. The van der Waals surface area contributed by atoms with Gasteiger partial charge in [0.2, 0.25) is 17.7 Å². The van der Waals surface area contributed by atoms with E-state index in [0.29, 0.717) is 23.5 Å². The predicted octanol–water partition coefficient (Wildman–Crippen LogP) is 4.49. The smallest absolute Gasteiger partial charge is 0.240 e. The number of primary amides is 1. The monoisotopic (exact) mass is 475 g/mol. The summed E-state index contributed by atoms with van der Waals surface area (Å²) >= 11 is 0. The number of hydrogen-bond donors (Lipinski definition) is 3. The first kappa shape index (κ1) is 25.8. The van der Waals surface area contributed by atoms with E-state index < -0.39 is 17.9 Å². The van der Waals surface area contributed by atoms with Gasteiger partial charge < -0.3 is 16.0 Å². The molecule has 0 radical (unpaired) electrons. The maximum atomic E-state index is 13.5. The van der Waals surface area contributed by atoms with Crippen molar-refractivity contribution >= 4 is 34.7 Å². The summed E-state index contributed by atoms with van der Waals surface area (Å²) in [6.07, 6.45) is -0.113. The van der Waals surface area contributed by atoms with Crippen LogP contribution in [0.4, 0.5) is 5.69 Å². The molecule has 2 aromatic carbocycles. The van der Waals surface area contributed by atoms with E-state index in [9.17, 15) is 14.4 Å². The van der Waals surface area contributed by atoms with Crippen LogP contribution in [-0.2, 0) is 20.9 Å². The molecule has 0 aliphatic carbocycles. The lowest BCUT2D eigenvalue weighted by Crippen LogP contribution is -2.47. The minimum Gasteiger partial charge on any atom is -0.368 e. The highest BCUT2D eigenvalue weighted by molar-refractivity contribution is 6.02. The number of rotatable bonds is 8. The molecule has 35 heavy (non-hydrogen) atoms. The van der Waals surface area contributed by atoms with Crippen molar-refractivity contribution in [2.24, 2.45) is 22.7 Å². The summed E-state index contributed by atoms with van der Waals surface area (Å²) in [5, 5.41) is 6.54. The van der Waals surface area contributed by atoms with E-state index in [4.69, 9.17) is 11.3 Å². The van der Waals surface area contributed by atoms with Gasteiger partial charge in [0.15, 0.2) is 0 Å². The van der Waals surface area contributed by atoms with Crippen molar-refractivity contribution in [3.05, 3.63) is 65.2 Å². The number of anilines is 1. The predicted molar refractivity (Wildman–Crippen MR) is 136 cm³/mol. The third-order valence-electron chi connectivity index (χ3n) is 6.19. The number of hydrogen-bond acceptors (Lipinski definition) is 5. The van der Waals surface area contributed by atoms with Crippen molar-refractivity contribution in [2.75, 3.05) is 4.90 Å². The number of carbonyl (C=O) groups excluding carboxylic acids is 3. The van der Waals surface area contributed by atoms with Crippen molar-refractivity contribution in [3.63, 3.8) is 0 Å². The third kappa shape index (κ3) is 5.65. The standard InChI is InChI=1S/C27H33N5O3/c1-16(2)24-19-10-6-5-9-18(19)15-32(21-12-8-7-11-20(21)26(24)31-29)23(34)14-13-22(33)30-25(17(3)4)27(28)35/h5-12,16-17,25,29H,13-15H2,1-4H3,(H2,28,35)(H,30,33)/b26-24+,31-29?/t25-/m0/s1. The second-order valence-electron chi connectivity index (χ2n) is 9.37. The minimum absolute atomic E-state index is 0.0417. The summed E-state index contributed by atoms with van der Waals surface area (Å²) in [6.45, 7) is 8.05. The van der Waals surface area contributed by atoms with E-state index in [1.165, 1.54) is 0 Å². The molecule has 0 fully saturated rings. The lowest BCUT2D eigenvalue weighted by atomic mass is 9.86. The Labute approximate surface area is 206 Å². The number of benzene rings is 2. The first-order valence-electron chi connectivity index (χ1n) is 11.8. The average molecular weight is 476 g/mol. The number of amides is 3. The Kier molecular flexibility index (Phi) is 8.17. The van der Waals surface area contributed by atoms with E-state index in [1.807, 2.05) is 48.5 Å². The summed E-state index contributed by atoms with van der Waals surface area (Å²) in [6, 6.07) is 14.5. The van der Waals surface area contributed by atoms with E-state index in [2.05, 4.69) is 24.3 Å². The number of para-hydroxylation sites is 1. The van der Waals surface area contributed by atoms with Crippen LogP contribution in [0.3, 0.4) is 0 Å². The zero-order valence-electron chi connectivity index (χ0n) is 20.7. The second kappa shape index (κ2) is 11.1. The molecular weight excluding hydrogens is 442 g/mol. The highest BCUT2D eigenvalue weighted by Gasteiger charge is 2.29. The van der Waals surface area contributed by atoms with E-state index in [1.54, 1.807) is 18.7 Å². The molecule has 1 aliphatic heterocycles. The van der Waals surface area contributed by atoms with E-state index in [-0.39, 0.29) is 30.6 Å². The van der Waals surface area contributed by atoms with Crippen LogP contribution in [0.2, 0.25) is 0 Å². The fraction of sp³-hybridized carbons (Fsp3) is 0.370. The van der Waals surface area contributed by atoms with Gasteiger partial charge in [0, 0.05) is 18.4 Å². The van der Waals surface area contributed by atoms with Crippen LogP contribution < -0.4 is 16.0 Å². The minimum atomic E-state index is -0.785. The Morgan fingerprint density at radius 3 is 2.23 bits per heavy atom. The molecule has 0 bridgehead atoms. The molecule has 1 heterocycles. The number of fused-ring (bicyclic) bond motifs is 2. The van der Waals surface area contributed by atoms with Gasteiger partial charge in [0.05, 0.1) is 17.9 Å². The molecule has 1 aliphatic rings. The van der Waals surface area contributed by atoms with Crippen LogP contribution in [-0.4, -0.2) is 23.8 Å². The molecule has 0 aromatic heterocycles. The molecule has 3 amide bonds. The molecule has 2 aromatic rings. The molecular formula is C27H33N5O3. The van der Waals surface area contributed by atoms with Gasteiger partial charge in [0.1, 0.15) is 6.04 Å². The summed E-state index contributed by atoms with van der Waals surface area (Å²) in [5.41, 5.74) is 18.1. The highest BCUT2D eigenvalue weighted by atomic mass is 16.2. The summed E-state index contributed by atoms with van der Waals surface area (Å²) < 4.78 is 0. The molecule has 184 valence electrons. The maximum Gasteiger partial charge on any atom is 0.240 e. The van der Waals surface area contributed by atoms with Gasteiger partial charge in [-0.05, 0) is 34.6 Å². The van der Waals surface area contributed by atoms with Crippen LogP contribution in [0.1, 0.15) is 57.2 Å². The summed E-state index contributed by atoms with van der Waals surface area (Å²) in [4.78, 5) is 39.2. The number of allylic oxidation sites excluding steroid dienone is 1. The van der Waals surface area contributed by atoms with Gasteiger partial charge in [0.25, 0.3) is 0 Å². The molecule has 0 unspecified atom stereocenters. The van der Waals surface area contributed by atoms with E-state index in [0.717, 1.165) is 16.7 Å². The molecule has 0 saturated carbocycles. The Balaban J connectivity index is 1.97. The Bertz CT molecular complexity index is 1170. The fourth-order valence-electron chi connectivity index (χ4n) is 4.45. The van der Waals surface area contributed by atoms with Crippen LogP contribution in [0.5, 0.6) is 0 Å². The molecule has 4 N–H and O–H groups in total. The Morgan fingerprint density at radius 2 is 1.63 bits per heavy atom. The Hall–Kier alpha value is -3.81. The lowest BCUT2D eigenvalue weighted by Gasteiger charge is -2.31. The molecule has 8 heteroatoms. The average Bonchev–Trinajstić information content (AvgIpc) is 2.81. The number of carbonyl (C=O) groups is 3. The molecule has 1 atom stereocenters. The second-order valence-corrected chi connectivity index (χ2v) is 9.37. The number of nitrogens with zero attached hydrogens (tertiary/aromatic N) is 2. The van der Waals surface area contributed by atoms with Gasteiger partial charge in [-0.3, -0.25) is 14.4 Å². The van der Waals surface area contributed by atoms with Crippen molar-refractivity contribution in [3.8, 4) is 0 Å². The van der Waals surface area contributed by atoms with Crippen LogP contribution >= 0.6 is 0 Å². The molecule has 3 rings (SSSR count).